The monoisotopic (exact) mass is 402 g/mol. The van der Waals surface area contributed by atoms with E-state index < -0.39 is 16.4 Å². The number of nitro groups is 1. The highest BCUT2D eigenvalue weighted by Gasteiger charge is 2.23. The van der Waals surface area contributed by atoms with Gasteiger partial charge in [-0.15, -0.1) is 0 Å². The van der Waals surface area contributed by atoms with Gasteiger partial charge in [-0.05, 0) is 39.0 Å². The lowest BCUT2D eigenvalue weighted by Gasteiger charge is -2.14. The van der Waals surface area contributed by atoms with Crippen LogP contribution in [-0.4, -0.2) is 34.8 Å². The maximum absolute atomic E-state index is 12.2. The molecule has 0 aliphatic carbocycles. The molecule has 2 aromatic rings. The number of nitrogens with one attached hydrogen (secondary N) is 1. The van der Waals surface area contributed by atoms with E-state index in [1.165, 1.54) is 36.1 Å². The first-order valence-corrected chi connectivity index (χ1v) is 8.84. The molecule has 1 aromatic heterocycles. The number of hydrazone groups is 1. The molecule has 0 saturated carbocycles. The maximum atomic E-state index is 12.2. The third kappa shape index (κ3) is 5.18. The predicted octanol–water partition coefficient (Wildman–Crippen LogP) is 2.34. The molecule has 1 amide bonds. The first-order chi connectivity index (χ1) is 13.8. The van der Waals surface area contributed by atoms with Gasteiger partial charge in [-0.1, -0.05) is 0 Å². The Kier molecular flexibility index (Phi) is 7.07. The Hall–Kier alpha value is -3.69. The number of carbonyl (C=O) groups is 1. The van der Waals surface area contributed by atoms with Crippen LogP contribution >= 0.6 is 0 Å². The van der Waals surface area contributed by atoms with Gasteiger partial charge in [-0.25, -0.2) is 5.43 Å². The Morgan fingerprint density at radius 1 is 1.41 bits per heavy atom. The minimum absolute atomic E-state index is 0.0121. The van der Waals surface area contributed by atoms with Crippen LogP contribution in [0.2, 0.25) is 0 Å². The Morgan fingerprint density at radius 3 is 2.72 bits per heavy atom. The van der Waals surface area contributed by atoms with Gasteiger partial charge >= 0.3 is 5.69 Å². The normalized spacial score (nSPS) is 10.9. The smallest absolute Gasteiger partial charge is 0.315 e. The summed E-state index contributed by atoms with van der Waals surface area (Å²) in [7, 11) is 1.36. The summed E-state index contributed by atoms with van der Waals surface area (Å²) in [6, 6.07) is 5.73. The molecule has 0 radical (unpaired) electrons. The molecular weight excluding hydrogens is 380 g/mol. The van der Waals surface area contributed by atoms with E-state index in [1.54, 1.807) is 33.0 Å². The summed E-state index contributed by atoms with van der Waals surface area (Å²) in [5.41, 5.74) is 1.77. The van der Waals surface area contributed by atoms with Gasteiger partial charge in [0.1, 0.15) is 5.56 Å². The van der Waals surface area contributed by atoms with Crippen molar-refractivity contribution in [3.63, 3.8) is 0 Å². The lowest BCUT2D eigenvalue weighted by molar-refractivity contribution is -0.386. The van der Waals surface area contributed by atoms with E-state index in [2.05, 4.69) is 10.5 Å². The van der Waals surface area contributed by atoms with Gasteiger partial charge in [0.2, 0.25) is 5.75 Å². The third-order valence-electron chi connectivity index (χ3n) is 3.81. The molecule has 0 saturated heterocycles. The molecule has 1 N–H and O–H groups in total. The molecule has 1 heterocycles. The van der Waals surface area contributed by atoms with Crippen molar-refractivity contribution in [2.45, 2.75) is 33.4 Å². The molecule has 154 valence electrons. The van der Waals surface area contributed by atoms with Crippen LogP contribution in [0.1, 0.15) is 36.7 Å². The fourth-order valence-corrected chi connectivity index (χ4v) is 2.51. The molecule has 0 spiro atoms. The third-order valence-corrected chi connectivity index (χ3v) is 3.81. The zero-order valence-corrected chi connectivity index (χ0v) is 16.5. The van der Waals surface area contributed by atoms with Gasteiger partial charge < -0.3 is 14.0 Å². The van der Waals surface area contributed by atoms with Gasteiger partial charge in [0.15, 0.2) is 5.75 Å². The van der Waals surface area contributed by atoms with Crippen LogP contribution in [0.15, 0.2) is 40.4 Å². The van der Waals surface area contributed by atoms with Crippen molar-refractivity contribution in [2.75, 3.05) is 7.11 Å². The fourth-order valence-electron chi connectivity index (χ4n) is 2.51. The molecule has 0 bridgehead atoms. The zero-order valence-electron chi connectivity index (χ0n) is 16.5. The number of hydrogen-bond donors (Lipinski definition) is 1. The van der Waals surface area contributed by atoms with E-state index in [0.29, 0.717) is 12.1 Å². The topological polar surface area (TPSA) is 125 Å². The van der Waals surface area contributed by atoms with Gasteiger partial charge in [0.25, 0.3) is 11.5 Å². The van der Waals surface area contributed by atoms with Gasteiger partial charge in [0.05, 0.1) is 24.4 Å². The second-order valence-corrected chi connectivity index (χ2v) is 6.21. The largest absolute Gasteiger partial charge is 0.493 e. The van der Waals surface area contributed by atoms with Gasteiger partial charge in [-0.2, -0.15) is 5.10 Å². The summed E-state index contributed by atoms with van der Waals surface area (Å²) in [4.78, 5) is 35.2. The maximum Gasteiger partial charge on any atom is 0.315 e. The van der Waals surface area contributed by atoms with Crippen LogP contribution in [0.3, 0.4) is 0 Å². The number of rotatable bonds is 8. The molecule has 10 heteroatoms. The number of carbonyl (C=O) groups excluding carboxylic acids is 1. The Labute approximate surface area is 166 Å². The Bertz CT molecular complexity index is 997. The van der Waals surface area contributed by atoms with Crippen molar-refractivity contribution >= 4 is 17.8 Å². The summed E-state index contributed by atoms with van der Waals surface area (Å²) in [6.07, 6.45) is 2.50. The van der Waals surface area contributed by atoms with Gasteiger partial charge in [-0.3, -0.25) is 19.7 Å². The molecule has 0 fully saturated rings. The van der Waals surface area contributed by atoms with Crippen LogP contribution in [0.4, 0.5) is 5.69 Å². The number of amides is 1. The van der Waals surface area contributed by atoms with E-state index in [1.807, 2.05) is 0 Å². The van der Waals surface area contributed by atoms with Crippen LogP contribution in [0.5, 0.6) is 11.5 Å². The summed E-state index contributed by atoms with van der Waals surface area (Å²) in [6.45, 7) is 5.69. The molecule has 0 aliphatic heterocycles. The van der Waals surface area contributed by atoms with Crippen molar-refractivity contribution in [2.24, 2.45) is 5.10 Å². The van der Waals surface area contributed by atoms with E-state index >= 15 is 0 Å². The van der Waals surface area contributed by atoms with Gasteiger partial charge in [0, 0.05) is 24.4 Å². The standard InChI is InChI=1S/C19H22N4O6/c1-5-22-8-6-7-14(19(22)25)18(24)21-20-11-13-9-15(23(26)27)17(29-12(2)3)16(10-13)28-4/h6-12H,5H2,1-4H3,(H,21,24)/b20-11-. The fraction of sp³-hybridized carbons (Fsp3) is 0.316. The highest BCUT2D eigenvalue weighted by Crippen LogP contribution is 2.38. The molecule has 2 rings (SSSR count). The van der Waals surface area contributed by atoms with Crippen molar-refractivity contribution < 1.29 is 19.2 Å². The first kappa shape index (κ1) is 21.6. The summed E-state index contributed by atoms with van der Waals surface area (Å²) < 4.78 is 12.1. The van der Waals surface area contributed by atoms with E-state index in [4.69, 9.17) is 9.47 Å². The number of methoxy groups -OCH3 is 1. The number of ether oxygens (including phenoxy) is 2. The lowest BCUT2D eigenvalue weighted by atomic mass is 10.2. The number of nitro benzene ring substituents is 1. The van der Waals surface area contributed by atoms with Crippen LogP contribution < -0.4 is 20.5 Å². The van der Waals surface area contributed by atoms with E-state index in [0.717, 1.165) is 0 Å². The molecule has 1 aromatic carbocycles. The summed E-state index contributed by atoms with van der Waals surface area (Å²) >= 11 is 0. The predicted molar refractivity (Wildman–Crippen MR) is 107 cm³/mol. The van der Waals surface area contributed by atoms with Crippen LogP contribution in [-0.2, 0) is 6.54 Å². The quantitative estimate of drug-likeness (QED) is 0.410. The molecule has 0 atom stereocenters. The Morgan fingerprint density at radius 2 is 2.14 bits per heavy atom. The highest BCUT2D eigenvalue weighted by atomic mass is 16.6. The Balaban J connectivity index is 2.28. The second-order valence-electron chi connectivity index (χ2n) is 6.21. The summed E-state index contributed by atoms with van der Waals surface area (Å²) in [5.74, 6) is -0.511. The van der Waals surface area contributed by atoms with E-state index in [-0.39, 0.29) is 28.9 Å². The zero-order chi connectivity index (χ0) is 21.6. The van der Waals surface area contributed by atoms with E-state index in [9.17, 15) is 19.7 Å². The number of benzene rings is 1. The lowest BCUT2D eigenvalue weighted by Crippen LogP contribution is -2.30. The first-order valence-electron chi connectivity index (χ1n) is 8.84. The molecule has 29 heavy (non-hydrogen) atoms. The van der Waals surface area contributed by atoms with Crippen molar-refractivity contribution in [3.05, 3.63) is 62.1 Å². The summed E-state index contributed by atoms with van der Waals surface area (Å²) in [5, 5.41) is 15.2. The second kappa shape index (κ2) is 9.49. The average molecular weight is 402 g/mol. The number of nitrogens with zero attached hydrogens (tertiary/aromatic N) is 3. The highest BCUT2D eigenvalue weighted by molar-refractivity contribution is 5.94. The number of hydrogen-bond acceptors (Lipinski definition) is 7. The number of aromatic nitrogens is 1. The van der Waals surface area contributed by atoms with Crippen molar-refractivity contribution in [1.82, 2.24) is 9.99 Å². The number of pyridine rings is 1. The van der Waals surface area contributed by atoms with Crippen molar-refractivity contribution in [3.8, 4) is 11.5 Å². The minimum Gasteiger partial charge on any atom is -0.493 e. The average Bonchev–Trinajstić information content (AvgIpc) is 2.68. The molecular formula is C19H22N4O6. The minimum atomic E-state index is -0.685. The van der Waals surface area contributed by atoms with Crippen LogP contribution in [0, 0.1) is 10.1 Å². The molecule has 0 unspecified atom stereocenters. The molecule has 0 aliphatic rings. The van der Waals surface area contributed by atoms with Crippen molar-refractivity contribution in [1.29, 1.82) is 0 Å². The SMILES string of the molecule is CCn1cccc(C(=O)N/N=C\c2cc(OC)c(OC(C)C)c([N+](=O)[O-])c2)c1=O. The van der Waals surface area contributed by atoms with Crippen LogP contribution in [0.25, 0.3) is 0 Å². The molecule has 10 nitrogen and oxygen atoms in total. The number of aryl methyl sites for hydroxylation is 1.